The Morgan fingerprint density at radius 3 is 2.47 bits per heavy atom. The Morgan fingerprint density at radius 1 is 1.33 bits per heavy atom. The van der Waals surface area contributed by atoms with Crippen molar-refractivity contribution in [2.24, 2.45) is 5.92 Å². The highest BCUT2D eigenvalue weighted by Gasteiger charge is 2.29. The molecule has 2 atom stereocenters. The summed E-state index contributed by atoms with van der Waals surface area (Å²) in [5, 5.41) is 0.550. The minimum absolute atomic E-state index is 0.130. The predicted octanol–water partition coefficient (Wildman–Crippen LogP) is 2.27. The molecule has 0 aliphatic heterocycles. The SMILES string of the molecule is CC(C)S(=O)(=O)NC1CCCCC1CBr. The maximum Gasteiger partial charge on any atom is 0.214 e. The summed E-state index contributed by atoms with van der Waals surface area (Å²) in [6.45, 7) is 3.43. The van der Waals surface area contributed by atoms with E-state index in [1.807, 2.05) is 0 Å². The summed E-state index contributed by atoms with van der Waals surface area (Å²) in [5.74, 6) is 0.451. The lowest BCUT2D eigenvalue weighted by atomic mass is 9.87. The van der Waals surface area contributed by atoms with Crippen molar-refractivity contribution in [2.75, 3.05) is 5.33 Å². The van der Waals surface area contributed by atoms with Gasteiger partial charge in [0, 0.05) is 11.4 Å². The minimum atomic E-state index is -3.11. The zero-order chi connectivity index (χ0) is 11.5. The largest absolute Gasteiger partial charge is 0.214 e. The molecule has 0 aromatic heterocycles. The first-order chi connectivity index (χ1) is 6.97. The highest BCUT2D eigenvalue weighted by Crippen LogP contribution is 2.26. The van der Waals surface area contributed by atoms with Crippen molar-refractivity contribution in [3.63, 3.8) is 0 Å². The number of halogens is 1. The van der Waals surface area contributed by atoms with E-state index in [0.29, 0.717) is 5.92 Å². The third-order valence-corrected chi connectivity index (χ3v) is 5.75. The van der Waals surface area contributed by atoms with Crippen LogP contribution in [0.25, 0.3) is 0 Å². The first kappa shape index (κ1) is 13.5. The van der Waals surface area contributed by atoms with Crippen LogP contribution in [0.15, 0.2) is 0 Å². The molecule has 0 saturated heterocycles. The van der Waals surface area contributed by atoms with Crippen molar-refractivity contribution in [2.45, 2.75) is 50.8 Å². The van der Waals surface area contributed by atoms with E-state index >= 15 is 0 Å². The van der Waals surface area contributed by atoms with Gasteiger partial charge < -0.3 is 0 Å². The molecule has 1 aliphatic rings. The summed E-state index contributed by atoms with van der Waals surface area (Å²) in [5.41, 5.74) is 0. The number of hydrogen-bond acceptors (Lipinski definition) is 2. The Hall–Kier alpha value is 0.390. The van der Waals surface area contributed by atoms with Gasteiger partial charge in [-0.2, -0.15) is 0 Å². The van der Waals surface area contributed by atoms with Crippen LogP contribution in [0.5, 0.6) is 0 Å². The number of sulfonamides is 1. The lowest BCUT2D eigenvalue weighted by Crippen LogP contribution is -2.45. The summed E-state index contributed by atoms with van der Waals surface area (Å²) < 4.78 is 26.3. The molecule has 1 rings (SSSR count). The quantitative estimate of drug-likeness (QED) is 0.809. The van der Waals surface area contributed by atoms with Crippen molar-refractivity contribution in [3.05, 3.63) is 0 Å². The molecule has 0 aromatic rings. The fraction of sp³-hybridized carbons (Fsp3) is 1.00. The molecular weight excluding hydrogens is 278 g/mol. The van der Waals surface area contributed by atoms with Gasteiger partial charge >= 0.3 is 0 Å². The summed E-state index contributed by atoms with van der Waals surface area (Å²) in [7, 11) is -3.11. The van der Waals surface area contributed by atoms with Crippen molar-refractivity contribution in [3.8, 4) is 0 Å². The Labute approximate surface area is 101 Å². The van der Waals surface area contributed by atoms with E-state index < -0.39 is 10.0 Å². The fourth-order valence-corrected chi connectivity index (χ4v) is 3.67. The van der Waals surface area contributed by atoms with E-state index in [-0.39, 0.29) is 11.3 Å². The summed E-state index contributed by atoms with van der Waals surface area (Å²) >= 11 is 3.46. The Bertz CT molecular complexity index is 290. The second-order valence-electron chi connectivity index (χ2n) is 4.52. The molecule has 0 spiro atoms. The fourth-order valence-electron chi connectivity index (χ4n) is 1.89. The standard InChI is InChI=1S/C10H20BrNO2S/c1-8(2)15(13,14)12-10-6-4-3-5-9(10)7-11/h8-10,12H,3-7H2,1-2H3. The zero-order valence-electron chi connectivity index (χ0n) is 9.37. The first-order valence-electron chi connectivity index (χ1n) is 5.54. The van der Waals surface area contributed by atoms with E-state index in [1.165, 1.54) is 6.42 Å². The second-order valence-corrected chi connectivity index (χ2v) is 7.43. The lowest BCUT2D eigenvalue weighted by Gasteiger charge is -2.31. The normalized spacial score (nSPS) is 28.3. The smallest absolute Gasteiger partial charge is 0.212 e. The maximum atomic E-state index is 11.7. The van der Waals surface area contributed by atoms with Gasteiger partial charge in [-0.15, -0.1) is 0 Å². The maximum absolute atomic E-state index is 11.7. The highest BCUT2D eigenvalue weighted by molar-refractivity contribution is 9.09. The molecule has 1 N–H and O–H groups in total. The molecule has 0 aromatic carbocycles. The average Bonchev–Trinajstić information content (AvgIpc) is 2.18. The molecular formula is C10H20BrNO2S. The minimum Gasteiger partial charge on any atom is -0.212 e. The van der Waals surface area contributed by atoms with E-state index in [4.69, 9.17) is 0 Å². The first-order valence-corrected chi connectivity index (χ1v) is 8.21. The van der Waals surface area contributed by atoms with E-state index in [9.17, 15) is 8.42 Å². The second kappa shape index (κ2) is 5.64. The number of alkyl halides is 1. The molecule has 2 unspecified atom stereocenters. The van der Waals surface area contributed by atoms with Crippen molar-refractivity contribution in [1.29, 1.82) is 0 Å². The Morgan fingerprint density at radius 2 is 1.93 bits per heavy atom. The number of nitrogens with one attached hydrogen (secondary N) is 1. The summed E-state index contributed by atoms with van der Waals surface area (Å²) in [4.78, 5) is 0. The molecule has 0 amide bonds. The van der Waals surface area contributed by atoms with Gasteiger partial charge in [0.15, 0.2) is 0 Å². The molecule has 0 radical (unpaired) electrons. The van der Waals surface area contributed by atoms with E-state index in [0.717, 1.165) is 24.6 Å². The van der Waals surface area contributed by atoms with E-state index in [2.05, 4.69) is 20.7 Å². The monoisotopic (exact) mass is 297 g/mol. The van der Waals surface area contributed by atoms with Crippen LogP contribution in [0.4, 0.5) is 0 Å². The topological polar surface area (TPSA) is 46.2 Å². The van der Waals surface area contributed by atoms with Gasteiger partial charge in [-0.25, -0.2) is 13.1 Å². The predicted molar refractivity (Wildman–Crippen MR) is 66.7 cm³/mol. The van der Waals surface area contributed by atoms with Gasteiger partial charge in [0.05, 0.1) is 5.25 Å². The van der Waals surface area contributed by atoms with Crippen molar-refractivity contribution in [1.82, 2.24) is 4.72 Å². The molecule has 1 aliphatic carbocycles. The summed E-state index contributed by atoms with van der Waals surface area (Å²) in [6.07, 6.45) is 4.45. The molecule has 1 fully saturated rings. The van der Waals surface area contributed by atoms with Gasteiger partial charge in [0.25, 0.3) is 0 Å². The number of rotatable bonds is 4. The Kier molecular flexibility index (Phi) is 5.06. The van der Waals surface area contributed by atoms with Crippen LogP contribution < -0.4 is 4.72 Å². The molecule has 1 saturated carbocycles. The van der Waals surface area contributed by atoms with Gasteiger partial charge in [0.1, 0.15) is 0 Å². The van der Waals surface area contributed by atoms with Crippen LogP contribution in [0.3, 0.4) is 0 Å². The molecule has 3 nitrogen and oxygen atoms in total. The zero-order valence-corrected chi connectivity index (χ0v) is 11.8. The van der Waals surface area contributed by atoms with Crippen LogP contribution in [-0.2, 0) is 10.0 Å². The lowest BCUT2D eigenvalue weighted by molar-refractivity contribution is 0.316. The van der Waals surface area contributed by atoms with Gasteiger partial charge in [-0.1, -0.05) is 28.8 Å². The van der Waals surface area contributed by atoms with Crippen molar-refractivity contribution < 1.29 is 8.42 Å². The molecule has 5 heteroatoms. The number of hydrogen-bond donors (Lipinski definition) is 1. The third kappa shape index (κ3) is 3.71. The third-order valence-electron chi connectivity index (χ3n) is 3.04. The van der Waals surface area contributed by atoms with E-state index in [1.54, 1.807) is 13.8 Å². The van der Waals surface area contributed by atoms with Crippen LogP contribution in [0.1, 0.15) is 39.5 Å². The molecule has 0 heterocycles. The van der Waals surface area contributed by atoms with Crippen LogP contribution in [0, 0.1) is 5.92 Å². The Balaban J connectivity index is 2.63. The van der Waals surface area contributed by atoms with Gasteiger partial charge in [-0.3, -0.25) is 0 Å². The molecule has 0 bridgehead atoms. The average molecular weight is 298 g/mol. The molecule has 90 valence electrons. The van der Waals surface area contributed by atoms with Crippen LogP contribution in [0.2, 0.25) is 0 Å². The van der Waals surface area contributed by atoms with Crippen molar-refractivity contribution >= 4 is 26.0 Å². The summed E-state index contributed by atoms with van der Waals surface area (Å²) in [6, 6.07) is 0.130. The van der Waals surface area contributed by atoms with Crippen LogP contribution >= 0.6 is 15.9 Å². The highest BCUT2D eigenvalue weighted by atomic mass is 79.9. The van der Waals surface area contributed by atoms with Crippen LogP contribution in [-0.4, -0.2) is 25.0 Å². The molecule has 15 heavy (non-hydrogen) atoms. The van der Waals surface area contributed by atoms with Gasteiger partial charge in [0.2, 0.25) is 10.0 Å². The van der Waals surface area contributed by atoms with Gasteiger partial charge in [-0.05, 0) is 32.6 Å².